The number of aromatic nitrogens is 2. The second kappa shape index (κ2) is 6.37. The molecule has 2 rings (SSSR count). The molecule has 6 heteroatoms. The molecular formula is C13H15Cl2N3O. The summed E-state index contributed by atoms with van der Waals surface area (Å²) >= 11 is 11.8. The normalized spacial score (nSPS) is 12.6. The van der Waals surface area contributed by atoms with E-state index in [1.54, 1.807) is 12.1 Å². The summed E-state index contributed by atoms with van der Waals surface area (Å²) in [4.78, 5) is 4.31. The van der Waals surface area contributed by atoms with E-state index >= 15 is 0 Å². The van der Waals surface area contributed by atoms with E-state index in [1.165, 1.54) is 0 Å². The molecule has 1 aromatic carbocycles. The molecule has 1 atom stereocenters. The first-order valence-corrected chi connectivity index (χ1v) is 6.85. The molecule has 1 unspecified atom stereocenters. The van der Waals surface area contributed by atoms with E-state index in [1.807, 2.05) is 13.0 Å². The molecule has 0 amide bonds. The maximum atomic E-state index is 5.96. The molecule has 0 aliphatic carbocycles. The van der Waals surface area contributed by atoms with Gasteiger partial charge in [0, 0.05) is 12.5 Å². The minimum Gasteiger partial charge on any atom is -0.339 e. The number of halogens is 2. The molecule has 0 aliphatic rings. The van der Waals surface area contributed by atoms with Crippen molar-refractivity contribution in [3.8, 4) is 0 Å². The van der Waals surface area contributed by atoms with Gasteiger partial charge >= 0.3 is 0 Å². The highest BCUT2D eigenvalue weighted by atomic mass is 35.5. The molecule has 1 heterocycles. The van der Waals surface area contributed by atoms with E-state index in [0.717, 1.165) is 12.0 Å². The summed E-state index contributed by atoms with van der Waals surface area (Å²) in [5.41, 5.74) is 6.83. The van der Waals surface area contributed by atoms with Crippen LogP contribution in [0.15, 0.2) is 22.7 Å². The van der Waals surface area contributed by atoms with Crippen molar-refractivity contribution in [3.05, 3.63) is 45.5 Å². The van der Waals surface area contributed by atoms with Crippen LogP contribution in [-0.4, -0.2) is 16.2 Å². The van der Waals surface area contributed by atoms with Crippen molar-refractivity contribution < 1.29 is 4.52 Å². The Hall–Kier alpha value is -1.10. The zero-order valence-corrected chi connectivity index (χ0v) is 12.1. The zero-order valence-electron chi connectivity index (χ0n) is 10.6. The van der Waals surface area contributed by atoms with Gasteiger partial charge in [-0.25, -0.2) is 0 Å². The Morgan fingerprint density at radius 1 is 1.32 bits per heavy atom. The first-order valence-electron chi connectivity index (χ1n) is 6.09. The SMILES string of the molecule is CCC(N)Cc1noc(Cc2ccc(Cl)c(Cl)c2)n1. The van der Waals surface area contributed by atoms with E-state index in [-0.39, 0.29) is 6.04 Å². The Bertz CT molecular complexity index is 557. The van der Waals surface area contributed by atoms with Gasteiger partial charge in [-0.3, -0.25) is 0 Å². The molecule has 1 aromatic heterocycles. The van der Waals surface area contributed by atoms with Crippen molar-refractivity contribution in [2.45, 2.75) is 32.2 Å². The molecule has 102 valence electrons. The molecule has 0 bridgehead atoms. The van der Waals surface area contributed by atoms with Crippen molar-refractivity contribution in [1.82, 2.24) is 10.1 Å². The molecule has 0 spiro atoms. The number of hydrogen-bond acceptors (Lipinski definition) is 4. The predicted molar refractivity (Wildman–Crippen MR) is 75.5 cm³/mol. The van der Waals surface area contributed by atoms with E-state index in [2.05, 4.69) is 10.1 Å². The number of nitrogens with zero attached hydrogens (tertiary/aromatic N) is 2. The molecule has 4 nitrogen and oxygen atoms in total. The van der Waals surface area contributed by atoms with E-state index in [4.69, 9.17) is 33.5 Å². The van der Waals surface area contributed by atoms with Gasteiger partial charge < -0.3 is 10.3 Å². The van der Waals surface area contributed by atoms with Crippen molar-refractivity contribution in [2.24, 2.45) is 5.73 Å². The molecule has 0 saturated heterocycles. The standard InChI is InChI=1S/C13H15Cl2N3O/c1-2-9(16)7-12-17-13(19-18-12)6-8-3-4-10(14)11(15)5-8/h3-5,9H,2,6-7,16H2,1H3. The monoisotopic (exact) mass is 299 g/mol. The number of benzene rings is 1. The summed E-state index contributed by atoms with van der Waals surface area (Å²) in [6.45, 7) is 2.03. The minimum atomic E-state index is 0.0652. The molecule has 2 aromatic rings. The van der Waals surface area contributed by atoms with Crippen LogP contribution in [0.5, 0.6) is 0 Å². The number of hydrogen-bond donors (Lipinski definition) is 1. The van der Waals surface area contributed by atoms with Crippen molar-refractivity contribution >= 4 is 23.2 Å². The smallest absolute Gasteiger partial charge is 0.231 e. The fourth-order valence-electron chi connectivity index (χ4n) is 1.65. The van der Waals surface area contributed by atoms with Crippen LogP contribution in [0, 0.1) is 0 Å². The molecule has 0 radical (unpaired) electrons. The van der Waals surface area contributed by atoms with Crippen molar-refractivity contribution in [3.63, 3.8) is 0 Å². The van der Waals surface area contributed by atoms with Gasteiger partial charge in [-0.2, -0.15) is 4.98 Å². The molecule has 19 heavy (non-hydrogen) atoms. The van der Waals surface area contributed by atoms with Gasteiger partial charge in [-0.05, 0) is 24.1 Å². The Morgan fingerprint density at radius 3 is 2.79 bits per heavy atom. The fourth-order valence-corrected chi connectivity index (χ4v) is 1.97. The van der Waals surface area contributed by atoms with Gasteiger partial charge in [0.1, 0.15) is 0 Å². The van der Waals surface area contributed by atoms with Gasteiger partial charge in [-0.15, -0.1) is 0 Å². The Labute approximate surface area is 121 Å². The van der Waals surface area contributed by atoms with Crippen LogP contribution in [0.2, 0.25) is 10.0 Å². The Morgan fingerprint density at radius 2 is 2.11 bits per heavy atom. The Balaban J connectivity index is 2.05. The molecular weight excluding hydrogens is 285 g/mol. The van der Waals surface area contributed by atoms with Gasteiger partial charge in [-0.1, -0.05) is 41.3 Å². The molecule has 0 saturated carbocycles. The second-order valence-corrected chi connectivity index (χ2v) is 5.22. The molecule has 2 N–H and O–H groups in total. The highest BCUT2D eigenvalue weighted by Gasteiger charge is 2.10. The third kappa shape index (κ3) is 3.93. The predicted octanol–water partition coefficient (Wildman–Crippen LogP) is 3.25. The largest absolute Gasteiger partial charge is 0.339 e. The van der Waals surface area contributed by atoms with Gasteiger partial charge in [0.25, 0.3) is 0 Å². The van der Waals surface area contributed by atoms with Crippen LogP contribution in [0.3, 0.4) is 0 Å². The van der Waals surface area contributed by atoms with Crippen LogP contribution >= 0.6 is 23.2 Å². The van der Waals surface area contributed by atoms with Gasteiger partial charge in [0.15, 0.2) is 5.82 Å². The first kappa shape index (κ1) is 14.3. The molecule has 0 fully saturated rings. The maximum Gasteiger partial charge on any atom is 0.231 e. The summed E-state index contributed by atoms with van der Waals surface area (Å²) < 4.78 is 5.19. The fraction of sp³-hybridized carbons (Fsp3) is 0.385. The van der Waals surface area contributed by atoms with E-state index < -0.39 is 0 Å². The minimum absolute atomic E-state index is 0.0652. The van der Waals surface area contributed by atoms with E-state index in [0.29, 0.717) is 34.6 Å². The summed E-state index contributed by atoms with van der Waals surface area (Å²) in [6.07, 6.45) is 2.04. The average molecular weight is 300 g/mol. The van der Waals surface area contributed by atoms with Crippen LogP contribution in [-0.2, 0) is 12.8 Å². The van der Waals surface area contributed by atoms with Crippen molar-refractivity contribution in [1.29, 1.82) is 0 Å². The summed E-state index contributed by atoms with van der Waals surface area (Å²) in [7, 11) is 0. The van der Waals surface area contributed by atoms with E-state index in [9.17, 15) is 0 Å². The first-order chi connectivity index (χ1) is 9.08. The summed E-state index contributed by atoms with van der Waals surface area (Å²) in [5, 5.41) is 4.97. The third-order valence-corrected chi connectivity index (χ3v) is 3.56. The quantitative estimate of drug-likeness (QED) is 0.920. The zero-order chi connectivity index (χ0) is 13.8. The lowest BCUT2D eigenvalue weighted by atomic mass is 10.1. The lowest BCUT2D eigenvalue weighted by Crippen LogP contribution is -2.22. The molecule has 0 aliphatic heterocycles. The maximum absolute atomic E-state index is 5.96. The highest BCUT2D eigenvalue weighted by Crippen LogP contribution is 2.23. The van der Waals surface area contributed by atoms with Gasteiger partial charge in [0.2, 0.25) is 5.89 Å². The van der Waals surface area contributed by atoms with Crippen LogP contribution in [0.25, 0.3) is 0 Å². The number of nitrogens with two attached hydrogens (primary N) is 1. The van der Waals surface area contributed by atoms with Crippen LogP contribution < -0.4 is 5.73 Å². The summed E-state index contributed by atoms with van der Waals surface area (Å²) in [5.74, 6) is 1.20. The van der Waals surface area contributed by atoms with Crippen LogP contribution in [0.4, 0.5) is 0 Å². The van der Waals surface area contributed by atoms with Crippen molar-refractivity contribution in [2.75, 3.05) is 0 Å². The summed E-state index contributed by atoms with van der Waals surface area (Å²) in [6, 6.07) is 5.50. The highest BCUT2D eigenvalue weighted by molar-refractivity contribution is 6.42. The topological polar surface area (TPSA) is 64.9 Å². The number of rotatable bonds is 5. The lowest BCUT2D eigenvalue weighted by Gasteiger charge is -2.02. The lowest BCUT2D eigenvalue weighted by molar-refractivity contribution is 0.377. The Kier molecular flexibility index (Phi) is 4.80. The second-order valence-electron chi connectivity index (χ2n) is 4.40. The van der Waals surface area contributed by atoms with Crippen LogP contribution in [0.1, 0.15) is 30.6 Å². The third-order valence-electron chi connectivity index (χ3n) is 2.82. The average Bonchev–Trinajstić information content (AvgIpc) is 2.81. The van der Waals surface area contributed by atoms with Gasteiger partial charge in [0.05, 0.1) is 16.5 Å².